The van der Waals surface area contributed by atoms with Gasteiger partial charge in [0.2, 0.25) is 5.91 Å². The summed E-state index contributed by atoms with van der Waals surface area (Å²) in [4.78, 5) is 14.5. The Morgan fingerprint density at radius 2 is 1.77 bits per heavy atom. The second kappa shape index (κ2) is 8.29. The topological polar surface area (TPSA) is 66.5 Å². The van der Waals surface area contributed by atoms with Gasteiger partial charge in [0.25, 0.3) is 0 Å². The average molecular weight is 330 g/mol. The van der Waals surface area contributed by atoms with Crippen molar-refractivity contribution in [1.29, 1.82) is 0 Å². The van der Waals surface area contributed by atoms with Gasteiger partial charge in [-0.25, -0.2) is 8.42 Å². The van der Waals surface area contributed by atoms with Crippen molar-refractivity contribution in [2.75, 3.05) is 25.4 Å². The van der Waals surface area contributed by atoms with Gasteiger partial charge in [0, 0.05) is 19.0 Å². The summed E-state index contributed by atoms with van der Waals surface area (Å²) in [6, 6.07) is 0.280. The van der Waals surface area contributed by atoms with Crippen LogP contribution in [0.2, 0.25) is 0 Å². The van der Waals surface area contributed by atoms with Crippen molar-refractivity contribution in [2.24, 2.45) is 0 Å². The summed E-state index contributed by atoms with van der Waals surface area (Å²) in [5.41, 5.74) is 0. The summed E-state index contributed by atoms with van der Waals surface area (Å²) in [5.74, 6) is 0.0529. The Hall–Kier alpha value is -0.620. The predicted octanol–water partition coefficient (Wildman–Crippen LogP) is 1.72. The molecule has 0 aromatic heterocycles. The van der Waals surface area contributed by atoms with Gasteiger partial charge < -0.3 is 10.2 Å². The maximum atomic E-state index is 12.5. The molecule has 2 aliphatic rings. The van der Waals surface area contributed by atoms with E-state index >= 15 is 0 Å². The first kappa shape index (κ1) is 17.7. The molecule has 0 aromatic carbocycles. The molecule has 0 radical (unpaired) electrons. The van der Waals surface area contributed by atoms with Gasteiger partial charge in [-0.15, -0.1) is 0 Å². The van der Waals surface area contributed by atoms with E-state index in [2.05, 4.69) is 12.2 Å². The van der Waals surface area contributed by atoms with Gasteiger partial charge in [-0.1, -0.05) is 19.8 Å². The van der Waals surface area contributed by atoms with Gasteiger partial charge in [-0.3, -0.25) is 4.79 Å². The number of piperidine rings is 1. The number of carbonyl (C=O) groups excluding carboxylic acids is 1. The molecule has 2 rings (SSSR count). The number of nitrogens with one attached hydrogen (secondary N) is 1. The molecule has 0 aromatic rings. The molecule has 2 fully saturated rings. The monoisotopic (exact) mass is 330 g/mol. The Kier molecular flexibility index (Phi) is 6.68. The van der Waals surface area contributed by atoms with E-state index in [4.69, 9.17) is 0 Å². The highest BCUT2D eigenvalue weighted by Crippen LogP contribution is 2.26. The van der Waals surface area contributed by atoms with E-state index in [0.29, 0.717) is 0 Å². The summed E-state index contributed by atoms with van der Waals surface area (Å²) >= 11 is 0. The van der Waals surface area contributed by atoms with Gasteiger partial charge >= 0.3 is 0 Å². The summed E-state index contributed by atoms with van der Waals surface area (Å²) in [6.45, 7) is 4.70. The molecular formula is C16H30N2O3S. The Morgan fingerprint density at radius 1 is 1.14 bits per heavy atom. The minimum atomic E-state index is -3.09. The number of amides is 1. The minimum absolute atomic E-state index is 0.0234. The Labute approximate surface area is 134 Å². The fraction of sp³-hybridized carbons (Fsp3) is 0.938. The fourth-order valence-electron chi connectivity index (χ4n) is 3.66. The quantitative estimate of drug-likeness (QED) is 0.772. The van der Waals surface area contributed by atoms with Crippen LogP contribution < -0.4 is 5.32 Å². The molecule has 1 heterocycles. The van der Waals surface area contributed by atoms with Crippen LogP contribution in [0.4, 0.5) is 0 Å². The number of nitrogens with zero attached hydrogens (tertiary/aromatic N) is 1. The molecule has 22 heavy (non-hydrogen) atoms. The van der Waals surface area contributed by atoms with Crippen molar-refractivity contribution in [1.82, 2.24) is 10.2 Å². The Morgan fingerprint density at radius 3 is 2.36 bits per heavy atom. The van der Waals surface area contributed by atoms with Gasteiger partial charge in [0.05, 0.1) is 11.0 Å². The molecule has 128 valence electrons. The highest BCUT2D eigenvalue weighted by atomic mass is 32.2. The van der Waals surface area contributed by atoms with Gasteiger partial charge in [0.15, 0.2) is 9.84 Å². The van der Waals surface area contributed by atoms with Crippen molar-refractivity contribution in [3.8, 4) is 0 Å². The lowest BCUT2D eigenvalue weighted by atomic mass is 10.0. The van der Waals surface area contributed by atoms with Crippen molar-refractivity contribution >= 4 is 15.7 Å². The van der Waals surface area contributed by atoms with Gasteiger partial charge in [-0.05, 0) is 45.2 Å². The molecule has 0 spiro atoms. The average Bonchev–Trinajstić information content (AvgIpc) is 3.06. The summed E-state index contributed by atoms with van der Waals surface area (Å²) in [6.07, 6.45) is 6.60. The van der Waals surface area contributed by atoms with E-state index in [1.54, 1.807) is 0 Å². The molecule has 1 saturated heterocycles. The van der Waals surface area contributed by atoms with E-state index in [0.717, 1.165) is 64.6 Å². The van der Waals surface area contributed by atoms with E-state index in [9.17, 15) is 13.2 Å². The van der Waals surface area contributed by atoms with Crippen LogP contribution in [0.25, 0.3) is 0 Å². The summed E-state index contributed by atoms with van der Waals surface area (Å²) in [7, 11) is -3.09. The van der Waals surface area contributed by atoms with E-state index < -0.39 is 9.84 Å². The number of rotatable bonds is 7. The van der Waals surface area contributed by atoms with Crippen LogP contribution >= 0.6 is 0 Å². The number of sulfone groups is 1. The Balaban J connectivity index is 1.89. The molecule has 1 aliphatic carbocycles. The molecule has 0 unspecified atom stereocenters. The molecular weight excluding hydrogens is 300 g/mol. The van der Waals surface area contributed by atoms with Gasteiger partial charge in [0.1, 0.15) is 0 Å². The van der Waals surface area contributed by atoms with Crippen LogP contribution in [0.1, 0.15) is 58.3 Å². The zero-order valence-corrected chi connectivity index (χ0v) is 14.5. The molecule has 1 aliphatic heterocycles. The largest absolute Gasteiger partial charge is 0.340 e. The normalized spacial score (nSPS) is 21.1. The van der Waals surface area contributed by atoms with Crippen LogP contribution in [-0.2, 0) is 14.6 Å². The molecule has 1 amide bonds. The molecule has 5 nitrogen and oxygen atoms in total. The van der Waals surface area contributed by atoms with Crippen molar-refractivity contribution in [3.63, 3.8) is 0 Å². The van der Waals surface area contributed by atoms with E-state index in [1.807, 2.05) is 4.90 Å². The number of hydrogen-bond acceptors (Lipinski definition) is 4. The third-order valence-corrected chi connectivity index (χ3v) is 7.21. The SMILES string of the molecule is CCCN(C(=O)CCS(=O)(=O)C1CCCC1)C1CCNCC1. The second-order valence-corrected chi connectivity index (χ2v) is 8.99. The Bertz CT molecular complexity index is 452. The van der Waals surface area contributed by atoms with Crippen molar-refractivity contribution < 1.29 is 13.2 Å². The summed E-state index contributed by atoms with van der Waals surface area (Å²) < 4.78 is 24.6. The highest BCUT2D eigenvalue weighted by molar-refractivity contribution is 7.92. The standard InChI is InChI=1S/C16H30N2O3S/c1-2-12-18(14-7-10-17-11-8-14)16(19)9-13-22(20,21)15-5-3-4-6-15/h14-15,17H,2-13H2,1H3. The molecule has 1 saturated carbocycles. The van der Waals surface area contributed by atoms with Crippen LogP contribution in [0, 0.1) is 0 Å². The lowest BCUT2D eigenvalue weighted by Crippen LogP contribution is -2.47. The lowest BCUT2D eigenvalue weighted by molar-refractivity contribution is -0.133. The predicted molar refractivity (Wildman–Crippen MR) is 88.6 cm³/mol. The van der Waals surface area contributed by atoms with E-state index in [1.165, 1.54) is 0 Å². The first-order chi connectivity index (χ1) is 10.5. The fourth-order valence-corrected chi connectivity index (χ4v) is 5.50. The first-order valence-electron chi connectivity index (χ1n) is 8.76. The van der Waals surface area contributed by atoms with Crippen LogP contribution in [-0.4, -0.2) is 55.9 Å². The van der Waals surface area contributed by atoms with Crippen molar-refractivity contribution in [2.45, 2.75) is 69.6 Å². The third kappa shape index (κ3) is 4.69. The highest BCUT2D eigenvalue weighted by Gasteiger charge is 2.30. The molecule has 6 heteroatoms. The number of hydrogen-bond donors (Lipinski definition) is 1. The molecule has 0 atom stereocenters. The maximum Gasteiger partial charge on any atom is 0.223 e. The zero-order valence-electron chi connectivity index (χ0n) is 13.7. The van der Waals surface area contributed by atoms with Crippen LogP contribution in [0.15, 0.2) is 0 Å². The van der Waals surface area contributed by atoms with Crippen LogP contribution in [0.5, 0.6) is 0 Å². The van der Waals surface area contributed by atoms with Gasteiger partial charge in [-0.2, -0.15) is 0 Å². The minimum Gasteiger partial charge on any atom is -0.340 e. The van der Waals surface area contributed by atoms with E-state index in [-0.39, 0.29) is 29.4 Å². The summed E-state index contributed by atoms with van der Waals surface area (Å²) in [5, 5.41) is 3.11. The number of carbonyl (C=O) groups is 1. The van der Waals surface area contributed by atoms with Crippen LogP contribution in [0.3, 0.4) is 0 Å². The maximum absolute atomic E-state index is 12.5. The molecule has 1 N–H and O–H groups in total. The first-order valence-corrected chi connectivity index (χ1v) is 10.5. The smallest absolute Gasteiger partial charge is 0.223 e. The lowest BCUT2D eigenvalue weighted by Gasteiger charge is -2.34. The molecule has 0 bridgehead atoms. The third-order valence-electron chi connectivity index (χ3n) is 4.94. The second-order valence-electron chi connectivity index (χ2n) is 6.59. The zero-order chi connectivity index (χ0) is 16.0. The van der Waals surface area contributed by atoms with Crippen molar-refractivity contribution in [3.05, 3.63) is 0 Å².